The van der Waals surface area contributed by atoms with Gasteiger partial charge in [0.25, 0.3) is 0 Å². The topological polar surface area (TPSA) is 72.0 Å². The monoisotopic (exact) mass is 283 g/mol. The fourth-order valence-electron chi connectivity index (χ4n) is 1.98. The van der Waals surface area contributed by atoms with E-state index in [9.17, 15) is 9.59 Å². The maximum Gasteiger partial charge on any atom is 0.226 e. The van der Waals surface area contributed by atoms with Crippen molar-refractivity contribution in [2.45, 2.75) is 25.3 Å². The third kappa shape index (κ3) is 5.14. The molecule has 1 heterocycles. The molecule has 5 nitrogen and oxygen atoms in total. The van der Waals surface area contributed by atoms with Gasteiger partial charge in [-0.1, -0.05) is 30.3 Å². The van der Waals surface area contributed by atoms with Gasteiger partial charge in [-0.25, -0.2) is 0 Å². The molecular weight excluding hydrogens is 266 g/mol. The zero-order chi connectivity index (χ0) is 14.9. The van der Waals surface area contributed by atoms with Crippen molar-refractivity contribution in [1.29, 1.82) is 0 Å². The molecule has 108 valence electrons. The minimum atomic E-state index is -0.477. The predicted octanol–water partition coefficient (Wildman–Crippen LogP) is 1.34. The molecule has 1 aromatic carbocycles. The highest BCUT2D eigenvalue weighted by Gasteiger charge is 2.12. The lowest BCUT2D eigenvalue weighted by molar-refractivity contribution is -0.123. The van der Waals surface area contributed by atoms with E-state index in [2.05, 4.69) is 15.3 Å². The van der Waals surface area contributed by atoms with Crippen molar-refractivity contribution in [3.05, 3.63) is 60.2 Å². The average molecular weight is 283 g/mol. The van der Waals surface area contributed by atoms with Gasteiger partial charge in [0.05, 0.1) is 18.2 Å². The van der Waals surface area contributed by atoms with E-state index in [0.717, 1.165) is 18.3 Å². The summed E-state index contributed by atoms with van der Waals surface area (Å²) in [5, 5.41) is 2.71. The van der Waals surface area contributed by atoms with Crippen LogP contribution in [0, 0.1) is 0 Å². The highest BCUT2D eigenvalue weighted by atomic mass is 16.2. The third-order valence-corrected chi connectivity index (χ3v) is 3.06. The number of carbonyl (C=O) groups is 2. The number of aromatic nitrogens is 2. The molecule has 2 aromatic rings. The molecule has 0 aliphatic carbocycles. The first-order valence-electron chi connectivity index (χ1n) is 6.81. The van der Waals surface area contributed by atoms with Crippen molar-refractivity contribution < 1.29 is 9.59 Å². The Morgan fingerprint density at radius 1 is 1.24 bits per heavy atom. The zero-order valence-corrected chi connectivity index (χ0v) is 11.6. The summed E-state index contributed by atoms with van der Waals surface area (Å²) in [6.45, 7) is 0. The molecule has 1 aromatic heterocycles. The molecule has 0 saturated heterocycles. The standard InChI is InChI=1S/C16H17N3O2/c20-12-14(7-6-13-4-2-1-3-5-13)19-16(21)10-15-11-17-8-9-18-15/h1-5,8-9,11-12,14H,6-7,10H2,(H,19,21)/t14-/m0/s1. The number of hydrogen-bond donors (Lipinski definition) is 1. The second kappa shape index (κ2) is 7.89. The van der Waals surface area contributed by atoms with Crippen molar-refractivity contribution in [1.82, 2.24) is 15.3 Å². The number of nitrogens with one attached hydrogen (secondary N) is 1. The van der Waals surface area contributed by atoms with Gasteiger partial charge in [-0.05, 0) is 18.4 Å². The fourth-order valence-corrected chi connectivity index (χ4v) is 1.98. The van der Waals surface area contributed by atoms with Gasteiger partial charge in [0, 0.05) is 18.6 Å². The van der Waals surface area contributed by atoms with Crippen LogP contribution in [0.15, 0.2) is 48.9 Å². The van der Waals surface area contributed by atoms with Crippen molar-refractivity contribution in [3.8, 4) is 0 Å². The summed E-state index contributed by atoms with van der Waals surface area (Å²) in [6.07, 6.45) is 6.86. The number of aldehydes is 1. The summed E-state index contributed by atoms with van der Waals surface area (Å²) in [5.41, 5.74) is 1.73. The van der Waals surface area contributed by atoms with E-state index in [1.807, 2.05) is 30.3 Å². The van der Waals surface area contributed by atoms with Crippen molar-refractivity contribution in [2.75, 3.05) is 0 Å². The van der Waals surface area contributed by atoms with Crippen molar-refractivity contribution >= 4 is 12.2 Å². The minimum absolute atomic E-state index is 0.128. The maximum atomic E-state index is 11.9. The largest absolute Gasteiger partial charge is 0.346 e. The van der Waals surface area contributed by atoms with E-state index in [1.54, 1.807) is 12.4 Å². The molecule has 21 heavy (non-hydrogen) atoms. The molecule has 0 bridgehead atoms. The van der Waals surface area contributed by atoms with E-state index in [1.165, 1.54) is 6.20 Å². The molecule has 0 aliphatic heterocycles. The number of rotatable bonds is 7. The summed E-state index contributed by atoms with van der Waals surface area (Å²) in [4.78, 5) is 30.9. The SMILES string of the molecule is O=C[C@H](CCc1ccccc1)NC(=O)Cc1cnccn1. The number of carbonyl (C=O) groups excluding carboxylic acids is 2. The summed E-state index contributed by atoms with van der Waals surface area (Å²) in [6, 6.07) is 9.39. The Bertz CT molecular complexity index is 573. The lowest BCUT2D eigenvalue weighted by atomic mass is 10.1. The Morgan fingerprint density at radius 3 is 2.71 bits per heavy atom. The molecule has 0 spiro atoms. The zero-order valence-electron chi connectivity index (χ0n) is 11.6. The van der Waals surface area contributed by atoms with Gasteiger partial charge in [0.2, 0.25) is 5.91 Å². The molecule has 2 rings (SSSR count). The number of hydrogen-bond acceptors (Lipinski definition) is 4. The lowest BCUT2D eigenvalue weighted by Gasteiger charge is -2.12. The van der Waals surface area contributed by atoms with Crippen LogP contribution >= 0.6 is 0 Å². The predicted molar refractivity (Wildman–Crippen MR) is 78.5 cm³/mol. The van der Waals surface area contributed by atoms with E-state index < -0.39 is 6.04 Å². The highest BCUT2D eigenvalue weighted by molar-refractivity contribution is 5.81. The average Bonchev–Trinajstić information content (AvgIpc) is 2.53. The Kier molecular flexibility index (Phi) is 5.58. The highest BCUT2D eigenvalue weighted by Crippen LogP contribution is 2.04. The molecule has 1 atom stereocenters. The van der Waals surface area contributed by atoms with Crippen molar-refractivity contribution in [2.24, 2.45) is 0 Å². The number of amides is 1. The molecule has 5 heteroatoms. The summed E-state index contributed by atoms with van der Waals surface area (Å²) >= 11 is 0. The molecule has 1 N–H and O–H groups in total. The molecule has 0 saturated carbocycles. The Balaban J connectivity index is 1.81. The van der Waals surface area contributed by atoms with Crippen LogP contribution in [0.4, 0.5) is 0 Å². The van der Waals surface area contributed by atoms with Gasteiger partial charge in [0.1, 0.15) is 6.29 Å². The summed E-state index contributed by atoms with van der Waals surface area (Å²) in [7, 11) is 0. The molecule has 0 unspecified atom stereocenters. The first-order chi connectivity index (χ1) is 10.3. The van der Waals surface area contributed by atoms with Crippen LogP contribution in [-0.2, 0) is 22.4 Å². The Labute approximate surface area is 123 Å². The molecule has 0 fully saturated rings. The third-order valence-electron chi connectivity index (χ3n) is 3.06. The van der Waals surface area contributed by atoms with Crippen LogP contribution in [0.25, 0.3) is 0 Å². The van der Waals surface area contributed by atoms with E-state index in [0.29, 0.717) is 12.1 Å². The van der Waals surface area contributed by atoms with Crippen LogP contribution in [-0.4, -0.2) is 28.2 Å². The van der Waals surface area contributed by atoms with E-state index >= 15 is 0 Å². The van der Waals surface area contributed by atoms with Gasteiger partial charge in [-0.15, -0.1) is 0 Å². The number of nitrogens with zero attached hydrogens (tertiary/aromatic N) is 2. The summed E-state index contributed by atoms with van der Waals surface area (Å²) < 4.78 is 0. The van der Waals surface area contributed by atoms with Gasteiger partial charge in [0.15, 0.2) is 0 Å². The van der Waals surface area contributed by atoms with Gasteiger partial charge in [-0.3, -0.25) is 14.8 Å². The molecule has 0 aliphatic rings. The molecular formula is C16H17N3O2. The first-order valence-corrected chi connectivity index (χ1v) is 6.81. The van der Waals surface area contributed by atoms with E-state index in [-0.39, 0.29) is 12.3 Å². The van der Waals surface area contributed by atoms with E-state index in [4.69, 9.17) is 0 Å². The second-order valence-corrected chi connectivity index (χ2v) is 4.71. The molecule has 1 amide bonds. The smallest absolute Gasteiger partial charge is 0.226 e. The van der Waals surface area contributed by atoms with Gasteiger partial charge in [-0.2, -0.15) is 0 Å². The lowest BCUT2D eigenvalue weighted by Crippen LogP contribution is -2.37. The Hall–Kier alpha value is -2.56. The van der Waals surface area contributed by atoms with Crippen molar-refractivity contribution in [3.63, 3.8) is 0 Å². The van der Waals surface area contributed by atoms with Crippen LogP contribution in [0.3, 0.4) is 0 Å². The van der Waals surface area contributed by atoms with Gasteiger partial charge >= 0.3 is 0 Å². The van der Waals surface area contributed by atoms with Crippen LogP contribution in [0.1, 0.15) is 17.7 Å². The quantitative estimate of drug-likeness (QED) is 0.778. The second-order valence-electron chi connectivity index (χ2n) is 4.71. The minimum Gasteiger partial charge on any atom is -0.346 e. The number of aryl methyl sites for hydroxylation is 1. The maximum absolute atomic E-state index is 11.9. The normalized spacial score (nSPS) is 11.6. The first kappa shape index (κ1) is 14.8. The Morgan fingerprint density at radius 2 is 2.05 bits per heavy atom. The van der Waals surface area contributed by atoms with Crippen LogP contribution in [0.2, 0.25) is 0 Å². The molecule has 0 radical (unpaired) electrons. The van der Waals surface area contributed by atoms with Crippen LogP contribution in [0.5, 0.6) is 0 Å². The number of benzene rings is 1. The van der Waals surface area contributed by atoms with Gasteiger partial charge < -0.3 is 10.1 Å². The summed E-state index contributed by atoms with van der Waals surface area (Å²) in [5.74, 6) is -0.222. The fraction of sp³-hybridized carbons (Fsp3) is 0.250. The van der Waals surface area contributed by atoms with Crippen LogP contribution < -0.4 is 5.32 Å².